The van der Waals surface area contributed by atoms with Gasteiger partial charge in [0.05, 0.1) is 7.11 Å². The van der Waals surface area contributed by atoms with E-state index in [2.05, 4.69) is 15.0 Å². The molecular formula is C10H10N2O3. The third-order valence-corrected chi connectivity index (χ3v) is 1.93. The van der Waals surface area contributed by atoms with E-state index in [4.69, 9.17) is 4.42 Å². The fourth-order valence-corrected chi connectivity index (χ4v) is 1.29. The normalized spacial score (nSPS) is 10.3. The smallest absolute Gasteiger partial charge is 0.411 e. The molecule has 5 nitrogen and oxygen atoms in total. The van der Waals surface area contributed by atoms with E-state index in [9.17, 15) is 4.79 Å². The topological polar surface area (TPSA) is 64.4 Å². The van der Waals surface area contributed by atoms with Crippen molar-refractivity contribution in [1.82, 2.24) is 4.98 Å². The van der Waals surface area contributed by atoms with E-state index in [0.717, 1.165) is 5.52 Å². The van der Waals surface area contributed by atoms with E-state index >= 15 is 0 Å². The van der Waals surface area contributed by atoms with Gasteiger partial charge in [-0.3, -0.25) is 5.32 Å². The van der Waals surface area contributed by atoms with Gasteiger partial charge in [0.15, 0.2) is 11.5 Å². The number of aromatic nitrogens is 1. The molecule has 0 saturated heterocycles. The van der Waals surface area contributed by atoms with Crippen molar-refractivity contribution in [2.75, 3.05) is 12.4 Å². The summed E-state index contributed by atoms with van der Waals surface area (Å²) >= 11 is 0. The van der Waals surface area contributed by atoms with Crippen LogP contribution < -0.4 is 5.32 Å². The number of nitrogens with one attached hydrogen (secondary N) is 1. The van der Waals surface area contributed by atoms with Crippen molar-refractivity contribution in [2.24, 2.45) is 0 Å². The molecule has 0 spiro atoms. The Balaban J connectivity index is 2.33. The first-order valence-corrected chi connectivity index (χ1v) is 4.41. The highest BCUT2D eigenvalue weighted by Gasteiger charge is 2.05. The monoisotopic (exact) mass is 206 g/mol. The molecule has 15 heavy (non-hydrogen) atoms. The minimum absolute atomic E-state index is 0.509. The molecule has 1 heterocycles. The zero-order valence-electron chi connectivity index (χ0n) is 8.40. The van der Waals surface area contributed by atoms with Crippen molar-refractivity contribution in [3.8, 4) is 0 Å². The van der Waals surface area contributed by atoms with Gasteiger partial charge in [-0.2, -0.15) is 0 Å². The van der Waals surface area contributed by atoms with Gasteiger partial charge in [-0.25, -0.2) is 9.78 Å². The van der Waals surface area contributed by atoms with Gasteiger partial charge in [0, 0.05) is 18.7 Å². The Morgan fingerprint density at radius 2 is 2.33 bits per heavy atom. The number of fused-ring (bicyclic) bond motifs is 1. The van der Waals surface area contributed by atoms with Gasteiger partial charge in [0.1, 0.15) is 5.52 Å². The lowest BCUT2D eigenvalue weighted by molar-refractivity contribution is 0.187. The predicted molar refractivity (Wildman–Crippen MR) is 54.8 cm³/mol. The SMILES string of the molecule is COC(=O)Nc1ccc2nc(C)oc2c1. The molecule has 1 aromatic heterocycles. The van der Waals surface area contributed by atoms with E-state index in [-0.39, 0.29) is 0 Å². The van der Waals surface area contributed by atoms with Crippen LogP contribution in [0.3, 0.4) is 0 Å². The number of ether oxygens (including phenoxy) is 1. The van der Waals surface area contributed by atoms with Gasteiger partial charge in [0.2, 0.25) is 0 Å². The summed E-state index contributed by atoms with van der Waals surface area (Å²) in [6.45, 7) is 1.77. The zero-order chi connectivity index (χ0) is 10.8. The molecule has 5 heteroatoms. The molecule has 0 atom stereocenters. The highest BCUT2D eigenvalue weighted by Crippen LogP contribution is 2.19. The minimum atomic E-state index is -0.509. The number of nitrogens with zero attached hydrogens (tertiary/aromatic N) is 1. The van der Waals surface area contributed by atoms with Crippen molar-refractivity contribution in [2.45, 2.75) is 6.92 Å². The Morgan fingerprint density at radius 3 is 3.07 bits per heavy atom. The van der Waals surface area contributed by atoms with E-state index < -0.39 is 6.09 Å². The molecule has 78 valence electrons. The van der Waals surface area contributed by atoms with Gasteiger partial charge >= 0.3 is 6.09 Å². The van der Waals surface area contributed by atoms with Crippen LogP contribution in [0.4, 0.5) is 10.5 Å². The van der Waals surface area contributed by atoms with E-state index in [0.29, 0.717) is 17.2 Å². The fraction of sp³-hybridized carbons (Fsp3) is 0.200. The summed E-state index contributed by atoms with van der Waals surface area (Å²) in [6.07, 6.45) is -0.509. The largest absolute Gasteiger partial charge is 0.453 e. The Morgan fingerprint density at radius 1 is 1.53 bits per heavy atom. The molecule has 0 unspecified atom stereocenters. The molecule has 0 aliphatic rings. The number of aryl methyl sites for hydroxylation is 1. The Hall–Kier alpha value is -2.04. The maximum Gasteiger partial charge on any atom is 0.411 e. The Bertz CT molecular complexity index is 504. The molecule has 0 aliphatic heterocycles. The maximum atomic E-state index is 10.9. The quantitative estimate of drug-likeness (QED) is 0.777. The lowest BCUT2D eigenvalue weighted by Gasteiger charge is -2.01. The molecule has 2 aromatic rings. The second-order valence-corrected chi connectivity index (χ2v) is 3.03. The zero-order valence-corrected chi connectivity index (χ0v) is 8.40. The molecule has 1 aromatic carbocycles. The Kier molecular flexibility index (Phi) is 2.29. The maximum absolute atomic E-state index is 10.9. The van der Waals surface area contributed by atoms with Gasteiger partial charge in [-0.15, -0.1) is 0 Å². The van der Waals surface area contributed by atoms with E-state index in [1.807, 2.05) is 0 Å². The molecule has 1 amide bonds. The minimum Gasteiger partial charge on any atom is -0.453 e. The summed E-state index contributed by atoms with van der Waals surface area (Å²) in [5.41, 5.74) is 2.02. The third-order valence-electron chi connectivity index (χ3n) is 1.93. The van der Waals surface area contributed by atoms with Crippen LogP contribution in [0.1, 0.15) is 5.89 Å². The Labute approximate surface area is 86.0 Å². The van der Waals surface area contributed by atoms with Crippen molar-refractivity contribution in [1.29, 1.82) is 0 Å². The average molecular weight is 206 g/mol. The van der Waals surface area contributed by atoms with Crippen LogP contribution in [0, 0.1) is 6.92 Å². The number of benzene rings is 1. The molecule has 0 bridgehead atoms. The number of hydrogen-bond acceptors (Lipinski definition) is 4. The number of hydrogen-bond donors (Lipinski definition) is 1. The lowest BCUT2D eigenvalue weighted by atomic mass is 10.3. The summed E-state index contributed by atoms with van der Waals surface area (Å²) in [6, 6.07) is 5.21. The molecule has 0 fully saturated rings. The van der Waals surface area contributed by atoms with Crippen molar-refractivity contribution >= 4 is 22.9 Å². The number of anilines is 1. The fourth-order valence-electron chi connectivity index (χ4n) is 1.29. The van der Waals surface area contributed by atoms with Crippen LogP contribution in [0.15, 0.2) is 22.6 Å². The van der Waals surface area contributed by atoms with Crippen molar-refractivity contribution in [3.05, 3.63) is 24.1 Å². The number of carbonyl (C=O) groups is 1. The highest BCUT2D eigenvalue weighted by molar-refractivity contribution is 5.87. The summed E-state index contributed by atoms with van der Waals surface area (Å²) in [5.74, 6) is 0.597. The van der Waals surface area contributed by atoms with Crippen molar-refractivity contribution < 1.29 is 13.9 Å². The van der Waals surface area contributed by atoms with Gasteiger partial charge < -0.3 is 9.15 Å². The molecule has 0 aliphatic carbocycles. The first kappa shape index (κ1) is 9.51. The average Bonchev–Trinajstić information content (AvgIpc) is 2.57. The summed E-state index contributed by atoms with van der Waals surface area (Å²) in [4.78, 5) is 15.1. The first-order valence-electron chi connectivity index (χ1n) is 4.41. The molecule has 0 radical (unpaired) electrons. The number of methoxy groups -OCH3 is 1. The standard InChI is InChI=1S/C10H10N2O3/c1-6-11-8-4-3-7(5-9(8)15-6)12-10(13)14-2/h3-5H,1-2H3,(H,12,13). The highest BCUT2D eigenvalue weighted by atomic mass is 16.5. The van der Waals surface area contributed by atoms with Gasteiger partial charge in [-0.1, -0.05) is 0 Å². The predicted octanol–water partition coefficient (Wildman–Crippen LogP) is 2.31. The number of rotatable bonds is 1. The van der Waals surface area contributed by atoms with Crippen LogP contribution in [0.2, 0.25) is 0 Å². The number of carbonyl (C=O) groups excluding carboxylic acids is 1. The number of oxazole rings is 1. The molecular weight excluding hydrogens is 196 g/mol. The summed E-state index contributed by atoms with van der Waals surface area (Å²) in [7, 11) is 1.31. The molecule has 2 rings (SSSR count). The van der Waals surface area contributed by atoms with Crippen LogP contribution in [-0.4, -0.2) is 18.2 Å². The second-order valence-electron chi connectivity index (χ2n) is 3.03. The van der Waals surface area contributed by atoms with Crippen LogP contribution >= 0.6 is 0 Å². The van der Waals surface area contributed by atoms with Crippen LogP contribution in [-0.2, 0) is 4.74 Å². The summed E-state index contributed by atoms with van der Waals surface area (Å²) < 4.78 is 9.80. The van der Waals surface area contributed by atoms with Crippen LogP contribution in [0.25, 0.3) is 11.1 Å². The van der Waals surface area contributed by atoms with E-state index in [1.54, 1.807) is 25.1 Å². The van der Waals surface area contributed by atoms with Gasteiger partial charge in [0.25, 0.3) is 0 Å². The van der Waals surface area contributed by atoms with E-state index in [1.165, 1.54) is 7.11 Å². The van der Waals surface area contributed by atoms with Crippen LogP contribution in [0.5, 0.6) is 0 Å². The van der Waals surface area contributed by atoms with Crippen molar-refractivity contribution in [3.63, 3.8) is 0 Å². The lowest BCUT2D eigenvalue weighted by Crippen LogP contribution is -2.10. The summed E-state index contributed by atoms with van der Waals surface area (Å²) in [5, 5.41) is 2.54. The third kappa shape index (κ3) is 1.90. The molecule has 0 saturated carbocycles. The molecule has 1 N–H and O–H groups in total. The number of amides is 1. The second kappa shape index (κ2) is 3.61. The first-order chi connectivity index (χ1) is 7.19. The van der Waals surface area contributed by atoms with Gasteiger partial charge in [-0.05, 0) is 12.1 Å².